The number of rotatable bonds is 1. The summed E-state index contributed by atoms with van der Waals surface area (Å²) < 4.78 is 14.2. The molecule has 1 N–H and O–H groups in total. The zero-order chi connectivity index (χ0) is 20.8. The van der Waals surface area contributed by atoms with Crippen LogP contribution in [0.2, 0.25) is 5.02 Å². The molecular weight excluding hydrogens is 409 g/mol. The van der Waals surface area contributed by atoms with Crippen molar-refractivity contribution in [2.24, 2.45) is 11.8 Å². The number of halogens is 2. The first kappa shape index (κ1) is 18.0. The Kier molecular flexibility index (Phi) is 3.54. The number of carbonyl (C=O) groups is 3. The van der Waals surface area contributed by atoms with E-state index in [-0.39, 0.29) is 17.9 Å². The molecule has 4 heterocycles. The van der Waals surface area contributed by atoms with Crippen molar-refractivity contribution < 1.29 is 18.8 Å². The molecule has 3 amide bonds. The summed E-state index contributed by atoms with van der Waals surface area (Å²) in [4.78, 5) is 43.7. The molecule has 8 heteroatoms. The van der Waals surface area contributed by atoms with Gasteiger partial charge < -0.3 is 5.32 Å². The minimum atomic E-state index is -1.36. The second-order valence-electron chi connectivity index (χ2n) is 8.31. The first-order chi connectivity index (χ1) is 14.4. The van der Waals surface area contributed by atoms with Gasteiger partial charge in [0, 0.05) is 22.3 Å². The van der Waals surface area contributed by atoms with Crippen molar-refractivity contribution in [2.75, 3.05) is 16.8 Å². The fourth-order valence-electron chi connectivity index (χ4n) is 6.02. The molecule has 4 aliphatic heterocycles. The summed E-state index contributed by atoms with van der Waals surface area (Å²) in [6.07, 6.45) is 1.53. The van der Waals surface area contributed by atoms with Gasteiger partial charge in [0.15, 0.2) is 0 Å². The van der Waals surface area contributed by atoms with Crippen LogP contribution in [0.5, 0.6) is 0 Å². The zero-order valence-corrected chi connectivity index (χ0v) is 16.5. The van der Waals surface area contributed by atoms with Crippen LogP contribution in [0, 0.1) is 17.7 Å². The molecule has 0 aliphatic carbocycles. The normalized spacial score (nSPS) is 32.0. The van der Waals surface area contributed by atoms with Crippen LogP contribution in [0.1, 0.15) is 18.4 Å². The van der Waals surface area contributed by atoms with Gasteiger partial charge in [-0.15, -0.1) is 0 Å². The number of nitrogens with zero attached hydrogens (tertiary/aromatic N) is 2. The lowest BCUT2D eigenvalue weighted by Gasteiger charge is -2.36. The van der Waals surface area contributed by atoms with Crippen LogP contribution in [0.15, 0.2) is 42.5 Å². The number of amides is 3. The van der Waals surface area contributed by atoms with Gasteiger partial charge in [-0.3, -0.25) is 19.3 Å². The van der Waals surface area contributed by atoms with E-state index >= 15 is 0 Å². The van der Waals surface area contributed by atoms with E-state index in [1.54, 1.807) is 24.3 Å². The maximum absolute atomic E-state index is 14.2. The molecule has 30 heavy (non-hydrogen) atoms. The number of nitrogens with one attached hydrogen (secondary N) is 1. The Hall–Kier alpha value is -2.77. The molecule has 3 saturated heterocycles. The number of imide groups is 1. The third-order valence-corrected chi connectivity index (χ3v) is 7.29. The topological polar surface area (TPSA) is 69.7 Å². The van der Waals surface area contributed by atoms with Gasteiger partial charge in [-0.25, -0.2) is 9.29 Å². The average molecular weight is 426 g/mol. The van der Waals surface area contributed by atoms with Crippen LogP contribution >= 0.6 is 11.6 Å². The molecule has 1 spiro atoms. The number of fused-ring (bicyclic) bond motifs is 7. The van der Waals surface area contributed by atoms with E-state index in [1.807, 2.05) is 4.90 Å². The predicted molar refractivity (Wildman–Crippen MR) is 107 cm³/mol. The Morgan fingerprint density at radius 3 is 2.60 bits per heavy atom. The molecule has 6 rings (SSSR count). The summed E-state index contributed by atoms with van der Waals surface area (Å²) in [7, 11) is 0. The van der Waals surface area contributed by atoms with Gasteiger partial charge in [0.2, 0.25) is 17.7 Å². The van der Waals surface area contributed by atoms with Crippen LogP contribution in [0.4, 0.5) is 15.8 Å². The van der Waals surface area contributed by atoms with E-state index in [0.29, 0.717) is 34.9 Å². The van der Waals surface area contributed by atoms with Gasteiger partial charge in [0.25, 0.3) is 0 Å². The van der Waals surface area contributed by atoms with Crippen LogP contribution < -0.4 is 10.2 Å². The quantitative estimate of drug-likeness (QED) is 0.713. The van der Waals surface area contributed by atoms with Crippen LogP contribution in [0.3, 0.4) is 0 Å². The summed E-state index contributed by atoms with van der Waals surface area (Å²) in [6, 6.07) is 10.4. The molecule has 0 aromatic heterocycles. The number of hydrogen-bond donors (Lipinski definition) is 1. The standard InChI is InChI=1S/C22H17ClFN3O3/c23-11-3-6-13(7-4-11)27-19(28)17-16-2-1-9-26(16)22(18(17)20(27)29)14-10-12(24)5-8-15(14)25-21(22)30/h3-8,10,16-18H,1-2,9H2,(H,25,30)/t16-,17+,18-,22-/m0/s1. The number of hydrogen-bond acceptors (Lipinski definition) is 4. The maximum atomic E-state index is 14.2. The molecule has 3 fully saturated rings. The molecule has 0 unspecified atom stereocenters. The van der Waals surface area contributed by atoms with E-state index in [4.69, 9.17) is 11.6 Å². The highest BCUT2D eigenvalue weighted by molar-refractivity contribution is 6.31. The fraction of sp³-hybridized carbons (Fsp3) is 0.318. The van der Waals surface area contributed by atoms with Crippen molar-refractivity contribution >= 4 is 40.7 Å². The largest absolute Gasteiger partial charge is 0.324 e. The average Bonchev–Trinajstić information content (AvgIpc) is 3.42. The highest BCUT2D eigenvalue weighted by Crippen LogP contribution is 2.60. The molecule has 2 aromatic carbocycles. The second-order valence-corrected chi connectivity index (χ2v) is 8.74. The smallest absolute Gasteiger partial charge is 0.250 e. The molecule has 4 aliphatic rings. The van der Waals surface area contributed by atoms with Gasteiger partial charge in [-0.2, -0.15) is 0 Å². The van der Waals surface area contributed by atoms with Crippen LogP contribution in [-0.2, 0) is 19.9 Å². The minimum absolute atomic E-state index is 0.233. The third kappa shape index (κ3) is 1.99. The van der Waals surface area contributed by atoms with E-state index in [1.165, 1.54) is 23.1 Å². The summed E-state index contributed by atoms with van der Waals surface area (Å²) in [5, 5.41) is 3.33. The van der Waals surface area contributed by atoms with Gasteiger partial charge in [0.1, 0.15) is 11.4 Å². The van der Waals surface area contributed by atoms with Crippen molar-refractivity contribution in [1.29, 1.82) is 0 Å². The van der Waals surface area contributed by atoms with Gasteiger partial charge in [0.05, 0.1) is 17.5 Å². The Morgan fingerprint density at radius 1 is 1.07 bits per heavy atom. The first-order valence-corrected chi connectivity index (χ1v) is 10.3. The molecule has 152 valence electrons. The number of benzene rings is 2. The molecule has 6 nitrogen and oxygen atoms in total. The SMILES string of the molecule is O=C1[C@H]2[C@@H](C(=O)N1c1ccc(Cl)cc1)[C@@]1(C(=O)Nc3ccc(F)cc31)N1CCC[C@@H]21. The number of anilines is 2. The summed E-state index contributed by atoms with van der Waals surface area (Å²) >= 11 is 5.97. The van der Waals surface area contributed by atoms with E-state index in [2.05, 4.69) is 5.32 Å². The summed E-state index contributed by atoms with van der Waals surface area (Å²) in [5.74, 6) is -3.10. The maximum Gasteiger partial charge on any atom is 0.250 e. The molecule has 4 atom stereocenters. The van der Waals surface area contributed by atoms with E-state index < -0.39 is 29.1 Å². The lowest BCUT2D eigenvalue weighted by Crippen LogP contribution is -2.54. The minimum Gasteiger partial charge on any atom is -0.324 e. The van der Waals surface area contributed by atoms with Crippen molar-refractivity contribution in [3.05, 3.63) is 58.9 Å². The molecule has 2 aromatic rings. The van der Waals surface area contributed by atoms with Crippen molar-refractivity contribution in [3.63, 3.8) is 0 Å². The monoisotopic (exact) mass is 425 g/mol. The third-order valence-electron chi connectivity index (χ3n) is 7.04. The van der Waals surface area contributed by atoms with Gasteiger partial charge in [-0.05, 0) is 61.9 Å². The summed E-state index contributed by atoms with van der Waals surface area (Å²) in [6.45, 7) is 0.586. The number of carbonyl (C=O) groups excluding carboxylic acids is 3. The van der Waals surface area contributed by atoms with E-state index in [9.17, 15) is 18.8 Å². The Morgan fingerprint density at radius 2 is 1.83 bits per heavy atom. The Bertz CT molecular complexity index is 1140. The fourth-order valence-corrected chi connectivity index (χ4v) is 6.15. The molecule has 0 saturated carbocycles. The first-order valence-electron chi connectivity index (χ1n) is 9.96. The van der Waals surface area contributed by atoms with Crippen molar-refractivity contribution in [2.45, 2.75) is 24.4 Å². The predicted octanol–water partition coefficient (Wildman–Crippen LogP) is 2.91. The van der Waals surface area contributed by atoms with Gasteiger partial charge >= 0.3 is 0 Å². The second kappa shape index (κ2) is 5.89. The van der Waals surface area contributed by atoms with Gasteiger partial charge in [-0.1, -0.05) is 11.6 Å². The highest BCUT2D eigenvalue weighted by Gasteiger charge is 2.74. The Labute approximate surface area is 176 Å². The summed E-state index contributed by atoms with van der Waals surface area (Å²) in [5.41, 5.74) is 0.0160. The molecular formula is C22H17ClFN3O3. The lowest BCUT2D eigenvalue weighted by atomic mass is 9.75. The van der Waals surface area contributed by atoms with Crippen LogP contribution in [0.25, 0.3) is 0 Å². The zero-order valence-electron chi connectivity index (χ0n) is 15.8. The Balaban J connectivity index is 1.56. The van der Waals surface area contributed by atoms with Crippen molar-refractivity contribution in [1.82, 2.24) is 4.90 Å². The lowest BCUT2D eigenvalue weighted by molar-refractivity contribution is -0.135. The van der Waals surface area contributed by atoms with Crippen molar-refractivity contribution in [3.8, 4) is 0 Å². The molecule has 0 radical (unpaired) electrons. The van der Waals surface area contributed by atoms with Crippen LogP contribution in [-0.4, -0.2) is 35.2 Å². The van der Waals surface area contributed by atoms with E-state index in [0.717, 1.165) is 6.42 Å². The molecule has 0 bridgehead atoms. The highest BCUT2D eigenvalue weighted by atomic mass is 35.5.